The number of aliphatic hydroxyl groups is 1. The van der Waals surface area contributed by atoms with Crippen LogP contribution < -0.4 is 0 Å². The molecule has 0 saturated carbocycles. The maximum Gasteiger partial charge on any atom is 0.163 e. The van der Waals surface area contributed by atoms with Crippen LogP contribution in [0.5, 0.6) is 0 Å². The third kappa shape index (κ3) is 4.04. The molecule has 1 fully saturated rings. The Morgan fingerprint density at radius 3 is 2.33 bits per heavy atom. The Kier molecular flexibility index (Phi) is 5.46. The van der Waals surface area contributed by atoms with E-state index in [1.165, 1.54) is 0 Å². The summed E-state index contributed by atoms with van der Waals surface area (Å²) >= 11 is 0. The molecule has 3 heteroatoms. The van der Waals surface area contributed by atoms with E-state index in [2.05, 4.69) is 0 Å². The van der Waals surface area contributed by atoms with Gasteiger partial charge in [-0.25, -0.2) is 0 Å². The fourth-order valence-electron chi connectivity index (χ4n) is 1.05. The lowest BCUT2D eigenvalue weighted by Gasteiger charge is -2.16. The summed E-state index contributed by atoms with van der Waals surface area (Å²) in [6, 6.07) is 0. The average molecular weight is 176 g/mol. The van der Waals surface area contributed by atoms with Crippen LogP contribution in [0.25, 0.3) is 0 Å². The van der Waals surface area contributed by atoms with Crippen molar-refractivity contribution in [3.05, 3.63) is 0 Å². The largest absolute Gasteiger partial charge is 0.396 e. The quantitative estimate of drug-likeness (QED) is 0.693. The Bertz CT molecular complexity index is 112. The maximum atomic E-state index is 8.56. The highest BCUT2D eigenvalue weighted by molar-refractivity contribution is 4.69. The minimum atomic E-state index is -0.445. The smallest absolute Gasteiger partial charge is 0.163 e. The van der Waals surface area contributed by atoms with Crippen LogP contribution in [0.15, 0.2) is 0 Å². The second kappa shape index (κ2) is 5.51. The highest BCUT2D eigenvalue weighted by Gasteiger charge is 2.31. The highest BCUT2D eigenvalue weighted by atomic mass is 16.7. The molecule has 0 spiro atoms. The van der Waals surface area contributed by atoms with Gasteiger partial charge < -0.3 is 14.6 Å². The first-order valence-corrected chi connectivity index (χ1v) is 4.57. The third-order valence-electron chi connectivity index (χ3n) is 1.52. The van der Waals surface area contributed by atoms with E-state index in [-0.39, 0.29) is 12.7 Å². The minimum absolute atomic E-state index is 0.0833. The number of ether oxygens (including phenoxy) is 2. The molecule has 0 aromatic rings. The zero-order chi connectivity index (χ0) is 9.61. The Morgan fingerprint density at radius 2 is 2.00 bits per heavy atom. The molecular formula is C9H20O3. The summed E-state index contributed by atoms with van der Waals surface area (Å²) in [5.41, 5.74) is 0. The molecule has 0 bridgehead atoms. The van der Waals surface area contributed by atoms with E-state index in [1.54, 1.807) is 0 Å². The monoisotopic (exact) mass is 176 g/mol. The average Bonchev–Trinajstić information content (AvgIpc) is 2.35. The molecule has 1 N–H and O–H groups in total. The second-order valence-corrected chi connectivity index (χ2v) is 2.96. The van der Waals surface area contributed by atoms with Gasteiger partial charge >= 0.3 is 0 Å². The summed E-state index contributed by atoms with van der Waals surface area (Å²) < 4.78 is 10.7. The maximum absolute atomic E-state index is 8.56. The van der Waals surface area contributed by atoms with E-state index >= 15 is 0 Å². The van der Waals surface area contributed by atoms with Gasteiger partial charge in [-0.3, -0.25) is 0 Å². The van der Waals surface area contributed by atoms with Crippen molar-refractivity contribution in [2.45, 2.75) is 46.0 Å². The molecule has 1 heterocycles. The molecule has 1 aliphatic rings. The zero-order valence-corrected chi connectivity index (χ0v) is 8.46. The highest BCUT2D eigenvalue weighted by Crippen LogP contribution is 2.23. The van der Waals surface area contributed by atoms with Crippen molar-refractivity contribution < 1.29 is 14.6 Å². The van der Waals surface area contributed by atoms with Gasteiger partial charge in [-0.15, -0.1) is 0 Å². The van der Waals surface area contributed by atoms with Gasteiger partial charge in [0.1, 0.15) is 0 Å². The van der Waals surface area contributed by atoms with Gasteiger partial charge in [0.05, 0.1) is 12.7 Å². The van der Waals surface area contributed by atoms with Gasteiger partial charge in [0.15, 0.2) is 5.79 Å². The van der Waals surface area contributed by atoms with Crippen LogP contribution in [0.4, 0.5) is 0 Å². The summed E-state index contributed by atoms with van der Waals surface area (Å²) in [6.07, 6.45) is 0.753. The molecule has 12 heavy (non-hydrogen) atoms. The first kappa shape index (κ1) is 11.9. The summed E-state index contributed by atoms with van der Waals surface area (Å²) in [7, 11) is 0. The van der Waals surface area contributed by atoms with Gasteiger partial charge in [0.25, 0.3) is 0 Å². The predicted molar refractivity (Wildman–Crippen MR) is 48.0 cm³/mol. The van der Waals surface area contributed by atoms with Crippen molar-refractivity contribution in [1.29, 1.82) is 0 Å². The molecule has 1 aliphatic heterocycles. The van der Waals surface area contributed by atoms with E-state index in [0.29, 0.717) is 13.0 Å². The lowest BCUT2D eigenvalue weighted by molar-refractivity contribution is -0.139. The van der Waals surface area contributed by atoms with Gasteiger partial charge in [0, 0.05) is 6.61 Å². The molecule has 1 atom stereocenters. The van der Waals surface area contributed by atoms with Crippen molar-refractivity contribution in [3.63, 3.8) is 0 Å². The number of rotatable bonds is 2. The standard InChI is InChI=1S/C7H14O3.C2H6/c1-7(2)9-5-6(10-7)3-4-8;1-2/h6,8H,3-5H2,1-2H3;1-2H3. The van der Waals surface area contributed by atoms with Crippen molar-refractivity contribution >= 4 is 0 Å². The number of hydrogen-bond donors (Lipinski definition) is 1. The fourth-order valence-corrected chi connectivity index (χ4v) is 1.05. The molecule has 1 unspecified atom stereocenters. The van der Waals surface area contributed by atoms with Crippen molar-refractivity contribution in [2.24, 2.45) is 0 Å². The van der Waals surface area contributed by atoms with E-state index in [1.807, 2.05) is 27.7 Å². The van der Waals surface area contributed by atoms with Crippen LogP contribution in [0.3, 0.4) is 0 Å². The molecule has 1 saturated heterocycles. The second-order valence-electron chi connectivity index (χ2n) is 2.96. The zero-order valence-electron chi connectivity index (χ0n) is 8.46. The van der Waals surface area contributed by atoms with E-state index in [4.69, 9.17) is 14.6 Å². The Labute approximate surface area is 74.7 Å². The van der Waals surface area contributed by atoms with Crippen molar-refractivity contribution in [1.82, 2.24) is 0 Å². The molecule has 1 rings (SSSR count). The summed E-state index contributed by atoms with van der Waals surface area (Å²) in [5, 5.41) is 8.56. The molecule has 0 amide bonds. The normalized spacial score (nSPS) is 26.2. The fraction of sp³-hybridized carbons (Fsp3) is 1.00. The van der Waals surface area contributed by atoms with Gasteiger partial charge in [-0.2, -0.15) is 0 Å². The van der Waals surface area contributed by atoms with E-state index < -0.39 is 5.79 Å². The summed E-state index contributed by atoms with van der Waals surface area (Å²) in [6.45, 7) is 8.53. The van der Waals surface area contributed by atoms with Gasteiger partial charge in [-0.05, 0) is 20.3 Å². The topological polar surface area (TPSA) is 38.7 Å². The Morgan fingerprint density at radius 1 is 1.42 bits per heavy atom. The Hall–Kier alpha value is -0.120. The first-order chi connectivity index (χ1) is 5.64. The van der Waals surface area contributed by atoms with Crippen LogP contribution >= 0.6 is 0 Å². The SMILES string of the molecule is CC.CC1(C)OCC(CCO)O1. The van der Waals surface area contributed by atoms with Crippen LogP contribution in [-0.4, -0.2) is 30.2 Å². The molecule has 0 radical (unpaired) electrons. The molecule has 0 aromatic carbocycles. The third-order valence-corrected chi connectivity index (χ3v) is 1.52. The van der Waals surface area contributed by atoms with Crippen LogP contribution in [-0.2, 0) is 9.47 Å². The molecule has 0 aromatic heterocycles. The summed E-state index contributed by atoms with van der Waals surface area (Å²) in [4.78, 5) is 0. The first-order valence-electron chi connectivity index (χ1n) is 4.57. The molecule has 3 nitrogen and oxygen atoms in total. The lowest BCUT2D eigenvalue weighted by atomic mass is 10.3. The van der Waals surface area contributed by atoms with E-state index in [0.717, 1.165) is 0 Å². The van der Waals surface area contributed by atoms with Crippen LogP contribution in [0.2, 0.25) is 0 Å². The van der Waals surface area contributed by atoms with Crippen molar-refractivity contribution in [3.8, 4) is 0 Å². The lowest BCUT2D eigenvalue weighted by Crippen LogP contribution is -2.21. The molecule has 0 aliphatic carbocycles. The van der Waals surface area contributed by atoms with Crippen molar-refractivity contribution in [2.75, 3.05) is 13.2 Å². The summed E-state index contributed by atoms with van der Waals surface area (Å²) in [5.74, 6) is -0.445. The van der Waals surface area contributed by atoms with Crippen LogP contribution in [0.1, 0.15) is 34.1 Å². The number of aliphatic hydroxyl groups excluding tert-OH is 1. The Balaban J connectivity index is 0.000000561. The van der Waals surface area contributed by atoms with Gasteiger partial charge in [0.2, 0.25) is 0 Å². The van der Waals surface area contributed by atoms with E-state index in [9.17, 15) is 0 Å². The minimum Gasteiger partial charge on any atom is -0.396 e. The van der Waals surface area contributed by atoms with Gasteiger partial charge in [-0.1, -0.05) is 13.8 Å². The molecular weight excluding hydrogens is 156 g/mol. The molecule has 74 valence electrons. The predicted octanol–water partition coefficient (Wildman–Crippen LogP) is 1.55. The number of hydrogen-bond acceptors (Lipinski definition) is 3. The van der Waals surface area contributed by atoms with Crippen LogP contribution in [0, 0.1) is 0 Å².